The Bertz CT molecular complexity index is 1010. The number of nitro groups is 1. The molecule has 1 amide bonds. The van der Waals surface area contributed by atoms with Crippen LogP contribution in [0.15, 0.2) is 60.8 Å². The van der Waals surface area contributed by atoms with Gasteiger partial charge in [-0.1, -0.05) is 0 Å². The van der Waals surface area contributed by atoms with Gasteiger partial charge in [-0.3, -0.25) is 14.9 Å². The van der Waals surface area contributed by atoms with Gasteiger partial charge in [-0.25, -0.2) is 4.68 Å². The smallest absolute Gasteiger partial charge is 0.433 e. The molecule has 0 unspecified atom stereocenters. The number of hydrogen-bond donors (Lipinski definition) is 1. The van der Waals surface area contributed by atoms with Crippen molar-refractivity contribution in [2.75, 3.05) is 11.9 Å². The lowest BCUT2D eigenvalue weighted by Crippen LogP contribution is -2.20. The van der Waals surface area contributed by atoms with Crippen molar-refractivity contribution in [1.29, 1.82) is 0 Å². The van der Waals surface area contributed by atoms with Crippen LogP contribution in [0, 0.1) is 10.1 Å². The van der Waals surface area contributed by atoms with Crippen LogP contribution in [0.4, 0.5) is 24.5 Å². The highest BCUT2D eigenvalue weighted by molar-refractivity contribution is 5.91. The van der Waals surface area contributed by atoms with E-state index in [1.165, 1.54) is 48.5 Å². The number of aromatic nitrogens is 2. The summed E-state index contributed by atoms with van der Waals surface area (Å²) in [6, 6.07) is 11.7. The van der Waals surface area contributed by atoms with E-state index in [1.54, 1.807) is 0 Å². The van der Waals surface area contributed by atoms with E-state index in [4.69, 9.17) is 4.74 Å². The van der Waals surface area contributed by atoms with Gasteiger partial charge < -0.3 is 10.1 Å². The number of amides is 1. The summed E-state index contributed by atoms with van der Waals surface area (Å²) in [5.41, 5.74) is -0.479. The predicted molar refractivity (Wildman–Crippen MR) is 95.8 cm³/mol. The zero-order chi connectivity index (χ0) is 21.0. The molecular formula is C18H13F3N4O4. The molecule has 1 N–H and O–H groups in total. The Morgan fingerprint density at radius 3 is 2.34 bits per heavy atom. The number of alkyl halides is 3. The average Bonchev–Trinajstić information content (AvgIpc) is 3.18. The lowest BCUT2D eigenvalue weighted by atomic mass is 10.2. The minimum absolute atomic E-state index is 0.104. The van der Waals surface area contributed by atoms with Crippen LogP contribution in [-0.4, -0.2) is 27.2 Å². The Hall–Kier alpha value is -3.89. The number of nitrogens with one attached hydrogen (secondary N) is 1. The van der Waals surface area contributed by atoms with Crippen molar-refractivity contribution >= 4 is 17.3 Å². The summed E-state index contributed by atoms with van der Waals surface area (Å²) in [5, 5.41) is 16.8. The molecule has 3 aromatic rings. The van der Waals surface area contributed by atoms with Crippen molar-refractivity contribution in [1.82, 2.24) is 9.78 Å². The lowest BCUT2D eigenvalue weighted by molar-refractivity contribution is -0.384. The monoisotopic (exact) mass is 406 g/mol. The second-order valence-electron chi connectivity index (χ2n) is 5.76. The number of nitro benzene ring substituents is 1. The number of non-ortho nitro benzene ring substituents is 1. The summed E-state index contributed by atoms with van der Waals surface area (Å²) < 4.78 is 44.8. The van der Waals surface area contributed by atoms with E-state index in [2.05, 4.69) is 10.4 Å². The number of benzene rings is 2. The molecule has 150 valence electrons. The third-order valence-corrected chi connectivity index (χ3v) is 3.75. The molecule has 29 heavy (non-hydrogen) atoms. The SMILES string of the molecule is O=C(COc1ccc([N+](=O)[O-])cc1)Nc1ccc(-n2nccc2C(F)(F)F)cc1. The molecule has 0 radical (unpaired) electrons. The second kappa shape index (κ2) is 8.00. The topological polar surface area (TPSA) is 99.3 Å². The molecular weight excluding hydrogens is 393 g/mol. The third-order valence-electron chi connectivity index (χ3n) is 3.75. The fourth-order valence-electron chi connectivity index (χ4n) is 2.42. The minimum Gasteiger partial charge on any atom is -0.484 e. The molecule has 0 fully saturated rings. The highest BCUT2D eigenvalue weighted by Crippen LogP contribution is 2.30. The Labute approximate surface area is 161 Å². The van der Waals surface area contributed by atoms with Crippen LogP contribution in [0.1, 0.15) is 5.69 Å². The summed E-state index contributed by atoms with van der Waals surface area (Å²) in [5.74, 6) is -0.231. The molecule has 0 aliphatic carbocycles. The molecule has 11 heteroatoms. The van der Waals surface area contributed by atoms with Gasteiger partial charge in [0.2, 0.25) is 0 Å². The van der Waals surface area contributed by atoms with Crippen molar-refractivity contribution in [2.24, 2.45) is 0 Å². The summed E-state index contributed by atoms with van der Waals surface area (Å²) >= 11 is 0. The highest BCUT2D eigenvalue weighted by Gasteiger charge is 2.35. The van der Waals surface area contributed by atoms with Crippen LogP contribution >= 0.6 is 0 Å². The maximum absolute atomic E-state index is 12.9. The maximum Gasteiger partial charge on any atom is 0.433 e. The van der Waals surface area contributed by atoms with E-state index >= 15 is 0 Å². The Morgan fingerprint density at radius 2 is 1.76 bits per heavy atom. The van der Waals surface area contributed by atoms with Crippen LogP contribution < -0.4 is 10.1 Å². The Morgan fingerprint density at radius 1 is 1.10 bits per heavy atom. The van der Waals surface area contributed by atoms with Crippen molar-refractivity contribution in [3.63, 3.8) is 0 Å². The largest absolute Gasteiger partial charge is 0.484 e. The van der Waals surface area contributed by atoms with Gasteiger partial charge in [0.05, 0.1) is 16.8 Å². The Kier molecular flexibility index (Phi) is 5.48. The molecule has 0 aliphatic heterocycles. The first-order valence-corrected chi connectivity index (χ1v) is 8.13. The number of hydrogen-bond acceptors (Lipinski definition) is 5. The molecule has 0 spiro atoms. The van der Waals surface area contributed by atoms with Gasteiger partial charge in [0.25, 0.3) is 11.6 Å². The van der Waals surface area contributed by atoms with Crippen LogP contribution in [0.2, 0.25) is 0 Å². The molecule has 0 bridgehead atoms. The molecule has 0 atom stereocenters. The first-order chi connectivity index (χ1) is 13.7. The quantitative estimate of drug-likeness (QED) is 0.496. The predicted octanol–water partition coefficient (Wildman–Crippen LogP) is 3.82. The molecule has 0 saturated carbocycles. The lowest BCUT2D eigenvalue weighted by Gasteiger charge is -2.11. The van der Waals surface area contributed by atoms with E-state index in [-0.39, 0.29) is 23.7 Å². The first-order valence-electron chi connectivity index (χ1n) is 8.13. The molecule has 2 aromatic carbocycles. The first kappa shape index (κ1) is 19.9. The third kappa shape index (κ3) is 4.89. The Balaban J connectivity index is 1.59. The molecule has 0 aliphatic rings. The van der Waals surface area contributed by atoms with Crippen molar-refractivity contribution in [3.05, 3.63) is 76.6 Å². The van der Waals surface area contributed by atoms with Gasteiger partial charge in [0, 0.05) is 17.8 Å². The van der Waals surface area contributed by atoms with Gasteiger partial charge in [-0.2, -0.15) is 18.3 Å². The van der Waals surface area contributed by atoms with Crippen molar-refractivity contribution in [2.45, 2.75) is 6.18 Å². The molecule has 1 aromatic heterocycles. The fraction of sp³-hybridized carbons (Fsp3) is 0.111. The summed E-state index contributed by atoms with van der Waals surface area (Å²) in [6.07, 6.45) is -3.49. The second-order valence-corrected chi connectivity index (χ2v) is 5.76. The zero-order valence-electron chi connectivity index (χ0n) is 14.6. The average molecular weight is 406 g/mol. The van der Waals surface area contributed by atoms with Crippen molar-refractivity contribution < 1.29 is 27.6 Å². The molecule has 1 heterocycles. The number of nitrogens with zero attached hydrogens (tertiary/aromatic N) is 3. The van der Waals surface area contributed by atoms with E-state index in [0.29, 0.717) is 5.69 Å². The summed E-state index contributed by atoms with van der Waals surface area (Å²) in [6.45, 7) is -0.350. The van der Waals surface area contributed by atoms with Crippen LogP contribution in [0.25, 0.3) is 5.69 Å². The van der Waals surface area contributed by atoms with Gasteiger partial charge >= 0.3 is 6.18 Å². The normalized spacial score (nSPS) is 11.1. The molecule has 3 rings (SSSR count). The van der Waals surface area contributed by atoms with Crippen LogP contribution in [-0.2, 0) is 11.0 Å². The van der Waals surface area contributed by atoms with Gasteiger partial charge in [0.1, 0.15) is 11.4 Å². The zero-order valence-corrected chi connectivity index (χ0v) is 14.6. The fourth-order valence-corrected chi connectivity index (χ4v) is 2.42. The summed E-state index contributed by atoms with van der Waals surface area (Å²) in [7, 11) is 0. The van der Waals surface area contributed by atoms with Gasteiger partial charge in [-0.15, -0.1) is 0 Å². The van der Waals surface area contributed by atoms with Crippen molar-refractivity contribution in [3.8, 4) is 11.4 Å². The number of ether oxygens (including phenoxy) is 1. The summed E-state index contributed by atoms with van der Waals surface area (Å²) in [4.78, 5) is 22.0. The van der Waals surface area contributed by atoms with Gasteiger partial charge in [-0.05, 0) is 42.5 Å². The van der Waals surface area contributed by atoms with Crippen LogP contribution in [0.5, 0.6) is 5.75 Å². The van der Waals surface area contributed by atoms with Gasteiger partial charge in [0.15, 0.2) is 6.61 Å². The highest BCUT2D eigenvalue weighted by atomic mass is 19.4. The standard InChI is InChI=1S/C18H13F3N4O4/c19-18(20,21)16-9-10-22-24(16)13-3-1-12(2-4-13)23-17(26)11-29-15-7-5-14(6-8-15)25(27)28/h1-10H,11H2,(H,23,26). The number of carbonyl (C=O) groups is 1. The maximum atomic E-state index is 12.9. The number of halogens is 3. The number of carbonyl (C=O) groups excluding carboxylic acids is 1. The van der Waals surface area contributed by atoms with E-state index in [9.17, 15) is 28.1 Å². The van der Waals surface area contributed by atoms with E-state index < -0.39 is 22.7 Å². The molecule has 8 nitrogen and oxygen atoms in total. The van der Waals surface area contributed by atoms with Crippen LogP contribution in [0.3, 0.4) is 0 Å². The van der Waals surface area contributed by atoms with E-state index in [1.807, 2.05) is 0 Å². The minimum atomic E-state index is -4.54. The molecule has 0 saturated heterocycles. The number of rotatable bonds is 6. The van der Waals surface area contributed by atoms with E-state index in [0.717, 1.165) is 16.9 Å². The number of anilines is 1.